The standard InChI is InChI=1S/C15H19N3O3/c1-8-6-7-10-11(9(8)2)16-13(19)12(10)17-18-14(20)21-15(3,4)5/h6-7,16,19H,1-5H3. The fraction of sp³-hybridized carbons (Fsp3) is 0.400. The van der Waals surface area contributed by atoms with Crippen molar-refractivity contribution in [1.82, 2.24) is 4.98 Å². The number of carbonyl (C=O) groups excluding carboxylic acids is 1. The molecule has 0 radical (unpaired) electrons. The fourth-order valence-corrected chi connectivity index (χ4v) is 1.95. The van der Waals surface area contributed by atoms with Crippen LogP contribution in [0.2, 0.25) is 0 Å². The molecule has 2 N–H and O–H groups in total. The molecule has 2 aromatic rings. The van der Waals surface area contributed by atoms with Gasteiger partial charge in [0.25, 0.3) is 0 Å². The third kappa shape index (κ3) is 3.21. The molecule has 0 atom stereocenters. The van der Waals surface area contributed by atoms with Crippen molar-refractivity contribution >= 4 is 22.7 Å². The topological polar surface area (TPSA) is 87.0 Å². The van der Waals surface area contributed by atoms with Crippen molar-refractivity contribution in [3.63, 3.8) is 0 Å². The van der Waals surface area contributed by atoms with Crippen molar-refractivity contribution in [2.45, 2.75) is 40.2 Å². The highest BCUT2D eigenvalue weighted by Crippen LogP contribution is 2.37. The molecule has 1 aromatic heterocycles. The van der Waals surface area contributed by atoms with E-state index in [1.54, 1.807) is 20.8 Å². The van der Waals surface area contributed by atoms with Crippen LogP contribution in [0.3, 0.4) is 0 Å². The molecule has 0 aliphatic rings. The number of aryl methyl sites for hydroxylation is 2. The molecule has 1 heterocycles. The number of azo groups is 1. The zero-order chi connectivity index (χ0) is 15.8. The maximum Gasteiger partial charge on any atom is 0.452 e. The maximum atomic E-state index is 11.5. The van der Waals surface area contributed by atoms with Crippen LogP contribution in [-0.2, 0) is 4.74 Å². The summed E-state index contributed by atoms with van der Waals surface area (Å²) in [7, 11) is 0. The third-order valence-corrected chi connectivity index (χ3v) is 3.08. The van der Waals surface area contributed by atoms with Crippen LogP contribution in [0.25, 0.3) is 10.9 Å². The molecule has 0 fully saturated rings. The van der Waals surface area contributed by atoms with Crippen molar-refractivity contribution < 1.29 is 14.6 Å². The van der Waals surface area contributed by atoms with Gasteiger partial charge in [-0.3, -0.25) is 0 Å². The molecule has 6 nitrogen and oxygen atoms in total. The Labute approximate surface area is 122 Å². The first-order valence-corrected chi connectivity index (χ1v) is 6.64. The van der Waals surface area contributed by atoms with E-state index in [-0.39, 0.29) is 11.6 Å². The number of H-pyrrole nitrogens is 1. The highest BCUT2D eigenvalue weighted by atomic mass is 16.6. The lowest BCUT2D eigenvalue weighted by atomic mass is 10.1. The second-order valence-electron chi connectivity index (χ2n) is 5.93. The van der Waals surface area contributed by atoms with Gasteiger partial charge in [0.05, 0.1) is 5.52 Å². The lowest BCUT2D eigenvalue weighted by Crippen LogP contribution is -2.21. The predicted octanol–water partition coefficient (Wildman–Crippen LogP) is 4.51. The number of nitrogens with one attached hydrogen (secondary N) is 1. The van der Waals surface area contributed by atoms with Crippen LogP contribution in [-0.4, -0.2) is 21.8 Å². The van der Waals surface area contributed by atoms with Gasteiger partial charge in [0.1, 0.15) is 5.60 Å². The van der Waals surface area contributed by atoms with E-state index in [0.717, 1.165) is 16.6 Å². The second kappa shape index (κ2) is 5.20. The highest BCUT2D eigenvalue weighted by molar-refractivity contribution is 5.96. The van der Waals surface area contributed by atoms with Crippen molar-refractivity contribution in [1.29, 1.82) is 0 Å². The molecule has 1 aromatic carbocycles. The molecule has 0 saturated heterocycles. The number of fused-ring (bicyclic) bond motifs is 1. The van der Waals surface area contributed by atoms with E-state index in [1.165, 1.54) is 0 Å². The fourth-order valence-electron chi connectivity index (χ4n) is 1.95. The van der Waals surface area contributed by atoms with Crippen molar-refractivity contribution in [2.75, 3.05) is 0 Å². The largest absolute Gasteiger partial charge is 0.493 e. The minimum atomic E-state index is -0.792. The number of hydrogen-bond acceptors (Lipinski definition) is 4. The van der Waals surface area contributed by atoms with Gasteiger partial charge in [-0.15, -0.1) is 5.11 Å². The van der Waals surface area contributed by atoms with Gasteiger partial charge in [-0.2, -0.15) is 0 Å². The van der Waals surface area contributed by atoms with Gasteiger partial charge < -0.3 is 14.8 Å². The van der Waals surface area contributed by atoms with E-state index in [4.69, 9.17) is 4.74 Å². The number of nitrogens with zero attached hydrogens (tertiary/aromatic N) is 2. The first-order valence-electron chi connectivity index (χ1n) is 6.64. The van der Waals surface area contributed by atoms with E-state index in [0.29, 0.717) is 5.39 Å². The summed E-state index contributed by atoms with van der Waals surface area (Å²) in [5.74, 6) is -0.119. The van der Waals surface area contributed by atoms with E-state index in [1.807, 2.05) is 26.0 Å². The Balaban J connectivity index is 2.37. The van der Waals surface area contributed by atoms with Crippen LogP contribution in [0.15, 0.2) is 22.4 Å². The van der Waals surface area contributed by atoms with Gasteiger partial charge in [0, 0.05) is 5.39 Å². The summed E-state index contributed by atoms with van der Waals surface area (Å²) in [5.41, 5.74) is 2.50. The average molecular weight is 289 g/mol. The van der Waals surface area contributed by atoms with Crippen LogP contribution < -0.4 is 0 Å². The predicted molar refractivity (Wildman–Crippen MR) is 80.2 cm³/mol. The molecule has 0 bridgehead atoms. The molecule has 0 saturated carbocycles. The molecule has 0 spiro atoms. The Morgan fingerprint density at radius 3 is 2.57 bits per heavy atom. The number of rotatable bonds is 1. The summed E-state index contributed by atoms with van der Waals surface area (Å²) in [6.45, 7) is 9.16. The van der Waals surface area contributed by atoms with E-state index in [2.05, 4.69) is 15.2 Å². The average Bonchev–Trinajstić information content (AvgIpc) is 2.66. The van der Waals surface area contributed by atoms with Crippen LogP contribution in [0.1, 0.15) is 31.9 Å². The lowest BCUT2D eigenvalue weighted by molar-refractivity contribution is 0.0592. The smallest absolute Gasteiger partial charge is 0.452 e. The maximum absolute atomic E-state index is 11.5. The molecule has 1 amide bonds. The number of aromatic hydroxyl groups is 1. The molecule has 2 rings (SSSR count). The summed E-state index contributed by atoms with van der Waals surface area (Å²) >= 11 is 0. The Morgan fingerprint density at radius 1 is 1.29 bits per heavy atom. The Bertz CT molecular complexity index is 724. The van der Waals surface area contributed by atoms with Gasteiger partial charge in [0.15, 0.2) is 5.69 Å². The number of aromatic nitrogens is 1. The summed E-state index contributed by atoms with van der Waals surface area (Å²) in [6, 6.07) is 3.76. The number of benzene rings is 1. The van der Waals surface area contributed by atoms with Crippen LogP contribution in [0, 0.1) is 13.8 Å². The molecular weight excluding hydrogens is 270 g/mol. The minimum Gasteiger partial charge on any atom is -0.493 e. The van der Waals surface area contributed by atoms with Crippen LogP contribution in [0.5, 0.6) is 5.88 Å². The normalized spacial score (nSPS) is 12.2. The quantitative estimate of drug-likeness (QED) is 0.757. The minimum absolute atomic E-state index is 0.119. The summed E-state index contributed by atoms with van der Waals surface area (Å²) < 4.78 is 5.04. The summed E-state index contributed by atoms with van der Waals surface area (Å²) in [6.07, 6.45) is -0.792. The van der Waals surface area contributed by atoms with Gasteiger partial charge in [0.2, 0.25) is 5.88 Å². The number of ether oxygens (including phenoxy) is 1. The molecule has 6 heteroatoms. The number of hydrogen-bond donors (Lipinski definition) is 2. The monoisotopic (exact) mass is 289 g/mol. The summed E-state index contributed by atoms with van der Waals surface area (Å²) in [5, 5.41) is 18.0. The molecule has 0 aliphatic heterocycles. The van der Waals surface area contributed by atoms with Crippen molar-refractivity contribution in [2.24, 2.45) is 10.2 Å². The zero-order valence-corrected chi connectivity index (χ0v) is 12.8. The first kappa shape index (κ1) is 15.0. The van der Waals surface area contributed by atoms with E-state index in [9.17, 15) is 9.90 Å². The highest BCUT2D eigenvalue weighted by Gasteiger charge is 2.17. The number of amides is 1. The second-order valence-corrected chi connectivity index (χ2v) is 5.93. The first-order chi connectivity index (χ1) is 9.69. The molecule has 21 heavy (non-hydrogen) atoms. The van der Waals surface area contributed by atoms with Gasteiger partial charge in [-0.25, -0.2) is 4.79 Å². The van der Waals surface area contributed by atoms with Crippen LogP contribution >= 0.6 is 0 Å². The van der Waals surface area contributed by atoms with Crippen molar-refractivity contribution in [3.05, 3.63) is 23.3 Å². The Kier molecular flexibility index (Phi) is 3.72. The van der Waals surface area contributed by atoms with E-state index < -0.39 is 11.7 Å². The number of aromatic amines is 1. The molecule has 0 aliphatic carbocycles. The van der Waals surface area contributed by atoms with E-state index >= 15 is 0 Å². The summed E-state index contributed by atoms with van der Waals surface area (Å²) in [4.78, 5) is 14.4. The third-order valence-electron chi connectivity index (χ3n) is 3.08. The zero-order valence-electron chi connectivity index (χ0n) is 12.8. The molecule has 0 unspecified atom stereocenters. The lowest BCUT2D eigenvalue weighted by Gasteiger charge is -2.16. The van der Waals surface area contributed by atoms with Gasteiger partial charge >= 0.3 is 6.09 Å². The molecule has 112 valence electrons. The Hall–Kier alpha value is -2.37. The molecular formula is C15H19N3O3. The van der Waals surface area contributed by atoms with Gasteiger partial charge in [-0.05, 0) is 45.7 Å². The van der Waals surface area contributed by atoms with Crippen molar-refractivity contribution in [3.8, 4) is 5.88 Å². The van der Waals surface area contributed by atoms with Crippen LogP contribution in [0.4, 0.5) is 10.5 Å². The Morgan fingerprint density at radius 2 is 1.95 bits per heavy atom. The SMILES string of the molecule is Cc1ccc2c(N=NC(=O)OC(C)(C)C)c(O)[nH]c2c1C. The van der Waals surface area contributed by atoms with Gasteiger partial charge in [-0.1, -0.05) is 17.2 Å². The number of carbonyl (C=O) groups is 1.